The molecule has 0 bridgehead atoms. The van der Waals surface area contributed by atoms with Gasteiger partial charge in [-0.05, 0) is 24.3 Å². The third-order valence-electron chi connectivity index (χ3n) is 2.23. The van der Waals surface area contributed by atoms with Crippen molar-refractivity contribution in [2.24, 2.45) is 0 Å². The van der Waals surface area contributed by atoms with Crippen LogP contribution in [0.2, 0.25) is 9.36 Å². The Hall–Kier alpha value is -1.47. The maximum Gasteiger partial charge on any atom is 0.262 e. The molecule has 1 N–H and O–H groups in total. The molecule has 2 rings (SSSR count). The van der Waals surface area contributed by atoms with E-state index < -0.39 is 0 Å². The van der Waals surface area contributed by atoms with E-state index in [1.165, 1.54) is 11.3 Å². The summed E-state index contributed by atoms with van der Waals surface area (Å²) in [5.41, 5.74) is 0.748. The van der Waals surface area contributed by atoms with Crippen LogP contribution in [0, 0.1) is 11.8 Å². The van der Waals surface area contributed by atoms with Crippen LogP contribution < -0.4 is 5.32 Å². The van der Waals surface area contributed by atoms with E-state index in [-0.39, 0.29) is 12.5 Å². The van der Waals surface area contributed by atoms with Gasteiger partial charge in [0.05, 0.1) is 20.8 Å². The molecule has 5 heteroatoms. The average molecular weight is 310 g/mol. The fraction of sp³-hybridized carbons (Fsp3) is 0.0714. The van der Waals surface area contributed by atoms with Gasteiger partial charge in [-0.15, -0.1) is 11.3 Å². The van der Waals surface area contributed by atoms with Gasteiger partial charge < -0.3 is 5.32 Å². The molecule has 0 atom stereocenters. The molecule has 0 aliphatic rings. The molecule has 0 fully saturated rings. The zero-order chi connectivity index (χ0) is 13.7. The molecule has 0 spiro atoms. The molecule has 96 valence electrons. The van der Waals surface area contributed by atoms with Crippen LogP contribution in [-0.2, 0) is 0 Å². The fourth-order valence-electron chi connectivity index (χ4n) is 1.35. The fourth-order valence-corrected chi connectivity index (χ4v) is 2.49. The number of amides is 1. The topological polar surface area (TPSA) is 29.1 Å². The van der Waals surface area contributed by atoms with Crippen molar-refractivity contribution < 1.29 is 4.79 Å². The number of hydrogen-bond donors (Lipinski definition) is 1. The van der Waals surface area contributed by atoms with Gasteiger partial charge in [0, 0.05) is 5.56 Å². The van der Waals surface area contributed by atoms with Crippen LogP contribution in [0.1, 0.15) is 15.2 Å². The minimum absolute atomic E-state index is 0.176. The molecular formula is C14H9Cl2NOS. The van der Waals surface area contributed by atoms with Crippen LogP contribution in [0.5, 0.6) is 0 Å². The van der Waals surface area contributed by atoms with E-state index in [9.17, 15) is 4.79 Å². The first-order valence-electron chi connectivity index (χ1n) is 5.44. The lowest BCUT2D eigenvalue weighted by Crippen LogP contribution is -2.22. The quantitative estimate of drug-likeness (QED) is 0.839. The summed E-state index contributed by atoms with van der Waals surface area (Å²) in [5, 5.41) is 3.30. The molecule has 1 aromatic carbocycles. The Morgan fingerprint density at radius 3 is 2.68 bits per heavy atom. The lowest BCUT2D eigenvalue weighted by molar-refractivity contribution is 0.0962. The maximum atomic E-state index is 11.7. The lowest BCUT2D eigenvalue weighted by atomic mass is 10.2. The highest BCUT2D eigenvalue weighted by molar-refractivity contribution is 7.17. The van der Waals surface area contributed by atoms with Crippen molar-refractivity contribution in [2.75, 3.05) is 6.54 Å². The molecule has 1 heterocycles. The van der Waals surface area contributed by atoms with E-state index in [1.54, 1.807) is 18.2 Å². The van der Waals surface area contributed by atoms with Crippen molar-refractivity contribution in [3.63, 3.8) is 0 Å². The van der Waals surface area contributed by atoms with Crippen molar-refractivity contribution in [3.8, 4) is 11.8 Å². The van der Waals surface area contributed by atoms with E-state index in [0.29, 0.717) is 14.2 Å². The average Bonchev–Trinajstić information content (AvgIpc) is 2.83. The number of carbonyl (C=O) groups excluding carboxylic acids is 1. The van der Waals surface area contributed by atoms with E-state index in [0.717, 1.165) is 5.56 Å². The van der Waals surface area contributed by atoms with Crippen LogP contribution in [0.4, 0.5) is 0 Å². The first-order chi connectivity index (χ1) is 9.16. The van der Waals surface area contributed by atoms with Gasteiger partial charge in [-0.1, -0.05) is 47.2 Å². The smallest absolute Gasteiger partial charge is 0.262 e. The van der Waals surface area contributed by atoms with Gasteiger partial charge in [-0.25, -0.2) is 0 Å². The highest BCUT2D eigenvalue weighted by Gasteiger charge is 2.06. The summed E-state index contributed by atoms with van der Waals surface area (Å²) in [6.45, 7) is 0.263. The molecule has 0 unspecified atom stereocenters. The number of thiophene rings is 1. The minimum atomic E-state index is -0.176. The van der Waals surface area contributed by atoms with Gasteiger partial charge in [0.2, 0.25) is 0 Å². The molecule has 1 amide bonds. The number of rotatable bonds is 2. The van der Waals surface area contributed by atoms with Crippen molar-refractivity contribution in [3.05, 3.63) is 56.2 Å². The Balaban J connectivity index is 1.91. The first kappa shape index (κ1) is 14.0. The number of nitrogens with one attached hydrogen (secondary N) is 1. The largest absolute Gasteiger partial charge is 0.340 e. The molecule has 0 radical (unpaired) electrons. The summed E-state index contributed by atoms with van der Waals surface area (Å²) >= 11 is 13.0. The summed E-state index contributed by atoms with van der Waals surface area (Å²) in [7, 11) is 0. The van der Waals surface area contributed by atoms with Crippen molar-refractivity contribution in [2.45, 2.75) is 0 Å². The summed E-state index contributed by atoms with van der Waals surface area (Å²) in [4.78, 5) is 12.3. The molecule has 0 aliphatic carbocycles. The summed E-state index contributed by atoms with van der Waals surface area (Å²) < 4.78 is 0.590. The highest BCUT2D eigenvalue weighted by atomic mass is 35.5. The van der Waals surface area contributed by atoms with Crippen molar-refractivity contribution >= 4 is 40.4 Å². The highest BCUT2D eigenvalue weighted by Crippen LogP contribution is 2.20. The monoisotopic (exact) mass is 309 g/mol. The first-order valence-corrected chi connectivity index (χ1v) is 7.01. The zero-order valence-corrected chi connectivity index (χ0v) is 12.1. The number of halogens is 2. The normalized spacial score (nSPS) is 9.58. The van der Waals surface area contributed by atoms with E-state index in [4.69, 9.17) is 23.2 Å². The SMILES string of the molecule is O=C(NCC#Cc1ccccc1Cl)c1ccc(Cl)s1. The molecule has 2 aromatic rings. The van der Waals surface area contributed by atoms with Gasteiger partial charge >= 0.3 is 0 Å². The van der Waals surface area contributed by atoms with Crippen molar-refractivity contribution in [1.29, 1.82) is 0 Å². The molecule has 0 saturated heterocycles. The van der Waals surface area contributed by atoms with Crippen LogP contribution in [-0.4, -0.2) is 12.5 Å². The zero-order valence-electron chi connectivity index (χ0n) is 9.74. The summed E-state index contributed by atoms with van der Waals surface area (Å²) in [5.74, 6) is 5.59. The Bertz CT molecular complexity index is 655. The second-order valence-corrected chi connectivity index (χ2v) is 5.69. The Labute approximate surface area is 125 Å². The molecule has 19 heavy (non-hydrogen) atoms. The third-order valence-corrected chi connectivity index (χ3v) is 3.79. The van der Waals surface area contributed by atoms with Crippen LogP contribution in [0.25, 0.3) is 0 Å². The molecular weight excluding hydrogens is 301 g/mol. The summed E-state index contributed by atoms with van der Waals surface area (Å²) in [6, 6.07) is 10.7. The van der Waals surface area contributed by atoms with Gasteiger partial charge in [0.25, 0.3) is 5.91 Å². The molecule has 1 aromatic heterocycles. The van der Waals surface area contributed by atoms with E-state index in [1.807, 2.05) is 18.2 Å². The molecule has 0 aliphatic heterocycles. The number of benzene rings is 1. The van der Waals surface area contributed by atoms with Gasteiger partial charge in [-0.3, -0.25) is 4.79 Å². The number of hydrogen-bond acceptors (Lipinski definition) is 2. The lowest BCUT2D eigenvalue weighted by Gasteiger charge is -1.97. The standard InChI is InChI=1S/C14H9Cl2NOS/c15-11-6-2-1-4-10(11)5-3-9-17-14(18)12-7-8-13(16)19-12/h1-2,4,6-8H,9H2,(H,17,18). The maximum absolute atomic E-state index is 11.7. The Kier molecular flexibility index (Phi) is 4.86. The molecule has 2 nitrogen and oxygen atoms in total. The van der Waals surface area contributed by atoms with Crippen LogP contribution in [0.3, 0.4) is 0 Å². The Morgan fingerprint density at radius 2 is 2.00 bits per heavy atom. The third kappa shape index (κ3) is 4.00. The van der Waals surface area contributed by atoms with Gasteiger partial charge in [0.15, 0.2) is 0 Å². The van der Waals surface area contributed by atoms with E-state index in [2.05, 4.69) is 17.2 Å². The minimum Gasteiger partial charge on any atom is -0.340 e. The van der Waals surface area contributed by atoms with Gasteiger partial charge in [-0.2, -0.15) is 0 Å². The predicted octanol–water partition coefficient (Wildman–Crippen LogP) is 3.84. The van der Waals surface area contributed by atoms with Gasteiger partial charge in [0.1, 0.15) is 0 Å². The summed E-state index contributed by atoms with van der Waals surface area (Å²) in [6.07, 6.45) is 0. The van der Waals surface area contributed by atoms with Crippen LogP contribution in [0.15, 0.2) is 36.4 Å². The molecule has 0 saturated carbocycles. The second kappa shape index (κ2) is 6.63. The predicted molar refractivity (Wildman–Crippen MR) is 80.0 cm³/mol. The van der Waals surface area contributed by atoms with E-state index >= 15 is 0 Å². The Morgan fingerprint density at radius 1 is 1.21 bits per heavy atom. The van der Waals surface area contributed by atoms with Crippen molar-refractivity contribution in [1.82, 2.24) is 5.32 Å². The second-order valence-electron chi connectivity index (χ2n) is 3.57. The van der Waals surface area contributed by atoms with Crippen LogP contribution >= 0.6 is 34.5 Å². The number of carbonyl (C=O) groups is 1.